The Labute approximate surface area is 192 Å². The second kappa shape index (κ2) is 10.7. The van der Waals surface area contributed by atoms with E-state index in [2.05, 4.69) is 20.2 Å². The molecule has 3 heterocycles. The number of pyridine rings is 2. The topological polar surface area (TPSA) is 44.3 Å². The molecule has 33 heavy (non-hydrogen) atoms. The Morgan fingerprint density at radius 2 is 1.73 bits per heavy atom. The van der Waals surface area contributed by atoms with Crippen LogP contribution in [0.3, 0.4) is 0 Å². The number of unbranched alkanes of at least 4 members (excludes halogenated alkanes) is 1. The zero-order valence-corrected chi connectivity index (χ0v) is 18.4. The van der Waals surface area contributed by atoms with Gasteiger partial charge >= 0.3 is 6.18 Å². The van der Waals surface area contributed by atoms with Crippen molar-refractivity contribution in [2.75, 3.05) is 49.5 Å². The molecule has 1 aromatic carbocycles. The molecule has 0 unspecified atom stereocenters. The van der Waals surface area contributed by atoms with Crippen LogP contribution in [0.4, 0.5) is 24.7 Å². The summed E-state index contributed by atoms with van der Waals surface area (Å²) < 4.78 is 38.9. The second-order valence-corrected chi connectivity index (χ2v) is 8.18. The largest absolute Gasteiger partial charge is 0.416 e. The van der Waals surface area contributed by atoms with E-state index in [1.54, 1.807) is 18.5 Å². The van der Waals surface area contributed by atoms with Crippen LogP contribution in [0.1, 0.15) is 18.4 Å². The highest BCUT2D eigenvalue weighted by Gasteiger charge is 2.31. The highest BCUT2D eigenvalue weighted by Crippen LogP contribution is 2.31. The number of hydrogen-bond acceptors (Lipinski definition) is 5. The van der Waals surface area contributed by atoms with Crippen LogP contribution in [0.25, 0.3) is 11.1 Å². The molecule has 0 radical (unpaired) electrons. The molecule has 2 aromatic heterocycles. The molecule has 0 atom stereocenters. The molecular weight excluding hydrogens is 427 g/mol. The van der Waals surface area contributed by atoms with Crippen molar-refractivity contribution in [2.24, 2.45) is 0 Å². The number of nitrogens with zero attached hydrogens (tertiary/aromatic N) is 4. The van der Waals surface area contributed by atoms with Crippen LogP contribution in [0.5, 0.6) is 0 Å². The molecule has 1 saturated heterocycles. The lowest BCUT2D eigenvalue weighted by Crippen LogP contribution is -2.46. The average molecular weight is 456 g/mol. The molecular formula is C25H28F3N5. The molecule has 1 aliphatic rings. The minimum atomic E-state index is -4.30. The van der Waals surface area contributed by atoms with E-state index in [1.807, 2.05) is 35.4 Å². The minimum absolute atomic E-state index is 0.588. The SMILES string of the molecule is FC(F)(F)c1cccc(N2CCN(CCCCNc3cc(-c4cccnc4)ccn3)CC2)c1. The molecule has 0 amide bonds. The molecule has 0 saturated carbocycles. The van der Waals surface area contributed by atoms with E-state index < -0.39 is 11.7 Å². The number of piperazine rings is 1. The zero-order valence-electron chi connectivity index (χ0n) is 18.4. The first kappa shape index (κ1) is 23.0. The highest BCUT2D eigenvalue weighted by atomic mass is 19.4. The van der Waals surface area contributed by atoms with Crippen LogP contribution in [-0.2, 0) is 6.18 Å². The standard InChI is InChI=1S/C25H28F3N5/c26-25(27,28)22-6-3-7-23(18-22)33-15-13-32(14-16-33)12-2-1-10-30-24-17-20(8-11-31-24)21-5-4-9-29-19-21/h3-9,11,17-19H,1-2,10,12-16H2,(H,30,31). The van der Waals surface area contributed by atoms with Crippen LogP contribution < -0.4 is 10.2 Å². The Bertz CT molecular complexity index is 1020. The number of anilines is 2. The summed E-state index contributed by atoms with van der Waals surface area (Å²) in [6, 6.07) is 13.6. The number of nitrogens with one attached hydrogen (secondary N) is 1. The summed E-state index contributed by atoms with van der Waals surface area (Å²) in [6.07, 6.45) is 3.17. The third-order valence-electron chi connectivity index (χ3n) is 5.87. The summed E-state index contributed by atoms with van der Waals surface area (Å²) >= 11 is 0. The maximum absolute atomic E-state index is 13.0. The van der Waals surface area contributed by atoms with Gasteiger partial charge in [-0.15, -0.1) is 0 Å². The molecule has 3 aromatic rings. The summed E-state index contributed by atoms with van der Waals surface area (Å²) in [4.78, 5) is 13.0. The van der Waals surface area contributed by atoms with Gasteiger partial charge < -0.3 is 10.2 Å². The molecule has 5 nitrogen and oxygen atoms in total. The zero-order chi connectivity index (χ0) is 23.1. The van der Waals surface area contributed by atoms with Gasteiger partial charge in [0.2, 0.25) is 0 Å². The molecule has 0 bridgehead atoms. The average Bonchev–Trinajstić information content (AvgIpc) is 2.84. The molecule has 174 valence electrons. The second-order valence-electron chi connectivity index (χ2n) is 8.18. The fourth-order valence-electron chi connectivity index (χ4n) is 4.03. The van der Waals surface area contributed by atoms with Crippen molar-refractivity contribution in [3.63, 3.8) is 0 Å². The number of benzene rings is 1. The van der Waals surface area contributed by atoms with Crippen LogP contribution in [0.2, 0.25) is 0 Å². The molecule has 1 fully saturated rings. The first-order valence-electron chi connectivity index (χ1n) is 11.2. The fourth-order valence-corrected chi connectivity index (χ4v) is 4.03. The van der Waals surface area contributed by atoms with Gasteiger partial charge in [-0.3, -0.25) is 9.88 Å². The first-order valence-corrected chi connectivity index (χ1v) is 11.2. The van der Waals surface area contributed by atoms with Crippen LogP contribution in [0.15, 0.2) is 67.1 Å². The van der Waals surface area contributed by atoms with E-state index in [9.17, 15) is 13.2 Å². The van der Waals surface area contributed by atoms with Gasteiger partial charge in [0.15, 0.2) is 0 Å². The number of hydrogen-bond donors (Lipinski definition) is 1. The van der Waals surface area contributed by atoms with Gasteiger partial charge in [0.1, 0.15) is 5.82 Å². The van der Waals surface area contributed by atoms with Crippen molar-refractivity contribution >= 4 is 11.5 Å². The Morgan fingerprint density at radius 3 is 2.48 bits per heavy atom. The van der Waals surface area contributed by atoms with E-state index in [0.717, 1.165) is 75.1 Å². The van der Waals surface area contributed by atoms with E-state index >= 15 is 0 Å². The molecule has 0 spiro atoms. The molecule has 8 heteroatoms. The van der Waals surface area contributed by atoms with Crippen molar-refractivity contribution in [3.05, 3.63) is 72.7 Å². The maximum atomic E-state index is 13.0. The van der Waals surface area contributed by atoms with Crippen LogP contribution in [0, 0.1) is 0 Å². The van der Waals surface area contributed by atoms with Crippen molar-refractivity contribution in [2.45, 2.75) is 19.0 Å². The molecule has 1 aliphatic heterocycles. The highest BCUT2D eigenvalue weighted by molar-refractivity contribution is 5.65. The Hall–Kier alpha value is -3.13. The quantitative estimate of drug-likeness (QED) is 0.475. The van der Waals surface area contributed by atoms with Gasteiger partial charge in [0, 0.05) is 62.6 Å². The monoisotopic (exact) mass is 455 g/mol. The van der Waals surface area contributed by atoms with E-state index in [-0.39, 0.29) is 0 Å². The van der Waals surface area contributed by atoms with Gasteiger partial charge in [0.25, 0.3) is 0 Å². The number of rotatable bonds is 8. The van der Waals surface area contributed by atoms with E-state index in [4.69, 9.17) is 0 Å². The van der Waals surface area contributed by atoms with Gasteiger partial charge in [-0.2, -0.15) is 13.2 Å². The maximum Gasteiger partial charge on any atom is 0.416 e. The summed E-state index contributed by atoms with van der Waals surface area (Å²) in [5, 5.41) is 3.39. The van der Waals surface area contributed by atoms with Gasteiger partial charge in [-0.05, 0) is 61.3 Å². The van der Waals surface area contributed by atoms with Crippen molar-refractivity contribution in [1.82, 2.24) is 14.9 Å². The Balaban J connectivity index is 1.17. The third kappa shape index (κ3) is 6.44. The fraction of sp³-hybridized carbons (Fsp3) is 0.360. The summed E-state index contributed by atoms with van der Waals surface area (Å²) in [5.41, 5.74) is 2.21. The summed E-state index contributed by atoms with van der Waals surface area (Å²) in [7, 11) is 0. The van der Waals surface area contributed by atoms with Crippen LogP contribution in [-0.4, -0.2) is 54.1 Å². The summed E-state index contributed by atoms with van der Waals surface area (Å²) in [6.45, 7) is 5.03. The Kier molecular flexibility index (Phi) is 7.44. The summed E-state index contributed by atoms with van der Waals surface area (Å²) in [5.74, 6) is 0.853. The lowest BCUT2D eigenvalue weighted by atomic mass is 10.1. The molecule has 4 rings (SSSR count). The number of aromatic nitrogens is 2. The number of halogens is 3. The van der Waals surface area contributed by atoms with Crippen LogP contribution >= 0.6 is 0 Å². The smallest absolute Gasteiger partial charge is 0.370 e. The minimum Gasteiger partial charge on any atom is -0.370 e. The first-order chi connectivity index (χ1) is 16.0. The van der Waals surface area contributed by atoms with E-state index in [0.29, 0.717) is 5.69 Å². The predicted octanol–water partition coefficient (Wildman–Crippen LogP) is 5.18. The normalized spacial score (nSPS) is 14.9. The van der Waals surface area contributed by atoms with Gasteiger partial charge in [-0.25, -0.2) is 4.98 Å². The lowest BCUT2D eigenvalue weighted by molar-refractivity contribution is -0.137. The van der Waals surface area contributed by atoms with Crippen molar-refractivity contribution in [1.29, 1.82) is 0 Å². The Morgan fingerprint density at radius 1 is 0.879 bits per heavy atom. The van der Waals surface area contributed by atoms with Gasteiger partial charge in [-0.1, -0.05) is 12.1 Å². The lowest BCUT2D eigenvalue weighted by Gasteiger charge is -2.36. The van der Waals surface area contributed by atoms with Gasteiger partial charge in [0.05, 0.1) is 5.56 Å². The predicted molar refractivity (Wildman–Crippen MR) is 125 cm³/mol. The molecule has 0 aliphatic carbocycles. The van der Waals surface area contributed by atoms with E-state index in [1.165, 1.54) is 12.1 Å². The third-order valence-corrected chi connectivity index (χ3v) is 5.87. The number of alkyl halides is 3. The van der Waals surface area contributed by atoms with Crippen molar-refractivity contribution in [3.8, 4) is 11.1 Å². The van der Waals surface area contributed by atoms with Crippen molar-refractivity contribution < 1.29 is 13.2 Å². The molecule has 1 N–H and O–H groups in total.